The zero-order chi connectivity index (χ0) is 24.8. The Bertz CT molecular complexity index is 1110. The van der Waals surface area contributed by atoms with E-state index in [0.717, 1.165) is 30.4 Å². The van der Waals surface area contributed by atoms with Gasteiger partial charge in [-0.25, -0.2) is 0 Å². The molecule has 0 N–H and O–H groups in total. The van der Waals surface area contributed by atoms with Crippen molar-refractivity contribution in [1.29, 1.82) is 0 Å². The van der Waals surface area contributed by atoms with Crippen LogP contribution in [0.2, 0.25) is 0 Å². The van der Waals surface area contributed by atoms with E-state index in [1.807, 2.05) is 19.1 Å². The lowest BCUT2D eigenvalue weighted by molar-refractivity contribution is 0.348. The van der Waals surface area contributed by atoms with Crippen LogP contribution in [0.3, 0.4) is 0 Å². The molecule has 1 saturated carbocycles. The van der Waals surface area contributed by atoms with Crippen LogP contribution in [0.5, 0.6) is 0 Å². The van der Waals surface area contributed by atoms with Gasteiger partial charge in [0.05, 0.1) is 5.71 Å². The summed E-state index contributed by atoms with van der Waals surface area (Å²) < 4.78 is 0. The van der Waals surface area contributed by atoms with Crippen molar-refractivity contribution >= 4 is 5.71 Å². The Kier molecular flexibility index (Phi) is 8.44. The molecule has 0 aromatic heterocycles. The summed E-state index contributed by atoms with van der Waals surface area (Å²) in [5, 5.41) is 6.66. The monoisotopic (exact) mass is 466 g/mol. The van der Waals surface area contributed by atoms with E-state index in [2.05, 4.69) is 87.5 Å². The summed E-state index contributed by atoms with van der Waals surface area (Å²) in [5.74, 6) is 1.61. The van der Waals surface area contributed by atoms with E-state index in [9.17, 15) is 0 Å². The molecule has 184 valence electrons. The molecular formula is C33H42N2. The van der Waals surface area contributed by atoms with Gasteiger partial charge in [-0.1, -0.05) is 93.8 Å². The lowest BCUT2D eigenvalue weighted by atomic mass is 9.79. The van der Waals surface area contributed by atoms with Gasteiger partial charge < -0.3 is 5.01 Å². The maximum Gasteiger partial charge on any atom is 0.0652 e. The molecule has 1 aliphatic rings. The molecule has 3 aromatic rings. The van der Waals surface area contributed by atoms with Crippen molar-refractivity contribution < 1.29 is 0 Å². The maximum atomic E-state index is 4.76. The summed E-state index contributed by atoms with van der Waals surface area (Å²) in [7, 11) is 3.98. The predicted octanol–water partition coefficient (Wildman–Crippen LogP) is 8.48. The molecule has 0 heterocycles. The molecule has 1 aliphatic carbocycles. The van der Waals surface area contributed by atoms with Crippen LogP contribution in [0.4, 0.5) is 0 Å². The van der Waals surface area contributed by atoms with Gasteiger partial charge in [0.25, 0.3) is 0 Å². The van der Waals surface area contributed by atoms with Gasteiger partial charge in [0.2, 0.25) is 0 Å². The molecule has 4 rings (SSSR count). The lowest BCUT2D eigenvalue weighted by Gasteiger charge is -2.26. The largest absolute Gasteiger partial charge is 0.303 e. The first-order valence-electron chi connectivity index (χ1n) is 13.5. The van der Waals surface area contributed by atoms with Crippen LogP contribution < -0.4 is 0 Å². The van der Waals surface area contributed by atoms with Crippen molar-refractivity contribution in [3.05, 3.63) is 94.5 Å². The van der Waals surface area contributed by atoms with Crippen LogP contribution in [-0.2, 0) is 12.8 Å². The Balaban J connectivity index is 1.61. The Morgan fingerprint density at radius 2 is 1.46 bits per heavy atom. The molecule has 0 atom stereocenters. The van der Waals surface area contributed by atoms with Gasteiger partial charge in [0, 0.05) is 19.7 Å². The Labute approximate surface area is 213 Å². The van der Waals surface area contributed by atoms with E-state index in [1.165, 1.54) is 71.0 Å². The van der Waals surface area contributed by atoms with E-state index in [1.54, 1.807) is 0 Å². The fourth-order valence-corrected chi connectivity index (χ4v) is 5.48. The van der Waals surface area contributed by atoms with E-state index in [4.69, 9.17) is 5.10 Å². The first kappa shape index (κ1) is 25.2. The summed E-state index contributed by atoms with van der Waals surface area (Å²) in [6.07, 6.45) is 8.66. The van der Waals surface area contributed by atoms with Gasteiger partial charge in [0.15, 0.2) is 0 Å². The van der Waals surface area contributed by atoms with Crippen molar-refractivity contribution in [3.63, 3.8) is 0 Å². The standard InChI is InChI=1S/C33H42N2/c1-6-7-26-10-12-27(13-11-26)22-28-14-21-32(33(23-28)25(3)34-35(4)5)31-19-17-30(18-20-31)29-15-8-24(2)9-16-29/h10-14,17-21,23-24,29H,6-9,15-16,22H2,1-5H3/b34-25+. The van der Waals surface area contributed by atoms with Crippen LogP contribution in [0.1, 0.15) is 86.6 Å². The number of hydrogen-bond acceptors (Lipinski definition) is 2. The number of nitrogens with zero attached hydrogens (tertiary/aromatic N) is 2. The van der Waals surface area contributed by atoms with Gasteiger partial charge in [-0.2, -0.15) is 5.10 Å². The fraction of sp³-hybridized carbons (Fsp3) is 0.424. The minimum atomic E-state index is 0.725. The van der Waals surface area contributed by atoms with E-state index >= 15 is 0 Å². The molecule has 0 radical (unpaired) electrons. The van der Waals surface area contributed by atoms with Gasteiger partial charge in [-0.3, -0.25) is 0 Å². The third-order valence-electron chi connectivity index (χ3n) is 7.50. The highest BCUT2D eigenvalue weighted by atomic mass is 15.4. The van der Waals surface area contributed by atoms with Crippen molar-refractivity contribution in [2.75, 3.05) is 14.1 Å². The highest BCUT2D eigenvalue weighted by molar-refractivity contribution is 6.04. The molecule has 0 saturated heterocycles. The highest BCUT2D eigenvalue weighted by Crippen LogP contribution is 2.36. The van der Waals surface area contributed by atoms with E-state index in [0.29, 0.717) is 0 Å². The molecule has 0 unspecified atom stereocenters. The second-order valence-electron chi connectivity index (χ2n) is 10.7. The summed E-state index contributed by atoms with van der Waals surface area (Å²) in [6.45, 7) is 6.75. The SMILES string of the molecule is CCCc1ccc(Cc2ccc(-c3ccc(C4CCC(C)CC4)cc3)c(/C(C)=N/N(C)C)c2)cc1. The number of hydrogen-bond donors (Lipinski definition) is 0. The first-order chi connectivity index (χ1) is 16.9. The smallest absolute Gasteiger partial charge is 0.0652 e. The van der Waals surface area contributed by atoms with Gasteiger partial charge in [-0.15, -0.1) is 0 Å². The van der Waals surface area contributed by atoms with Gasteiger partial charge >= 0.3 is 0 Å². The summed E-state index contributed by atoms with van der Waals surface area (Å²) in [6, 6.07) is 25.4. The second-order valence-corrected chi connectivity index (χ2v) is 10.7. The summed E-state index contributed by atoms with van der Waals surface area (Å²) in [5.41, 5.74) is 10.4. The van der Waals surface area contributed by atoms with Crippen molar-refractivity contribution in [2.45, 2.75) is 71.6 Å². The average Bonchev–Trinajstić information content (AvgIpc) is 2.86. The quantitative estimate of drug-likeness (QED) is 0.240. The van der Waals surface area contributed by atoms with Gasteiger partial charge in [0.1, 0.15) is 0 Å². The lowest BCUT2D eigenvalue weighted by Crippen LogP contribution is -2.10. The molecular weight excluding hydrogens is 424 g/mol. The van der Waals surface area contributed by atoms with E-state index in [-0.39, 0.29) is 0 Å². The zero-order valence-electron chi connectivity index (χ0n) is 22.3. The molecule has 0 spiro atoms. The summed E-state index contributed by atoms with van der Waals surface area (Å²) in [4.78, 5) is 0. The highest BCUT2D eigenvalue weighted by Gasteiger charge is 2.20. The average molecular weight is 467 g/mol. The minimum absolute atomic E-state index is 0.725. The predicted molar refractivity (Wildman–Crippen MR) is 151 cm³/mol. The topological polar surface area (TPSA) is 15.6 Å². The second kappa shape index (κ2) is 11.7. The van der Waals surface area contributed by atoms with Crippen LogP contribution in [0.15, 0.2) is 71.8 Å². The Morgan fingerprint density at radius 3 is 2.09 bits per heavy atom. The zero-order valence-corrected chi connectivity index (χ0v) is 22.3. The molecule has 3 aromatic carbocycles. The molecule has 2 nitrogen and oxygen atoms in total. The molecule has 1 fully saturated rings. The fourth-order valence-electron chi connectivity index (χ4n) is 5.48. The van der Waals surface area contributed by atoms with Crippen molar-refractivity contribution in [1.82, 2.24) is 5.01 Å². The number of benzene rings is 3. The third-order valence-corrected chi connectivity index (χ3v) is 7.50. The summed E-state index contributed by atoms with van der Waals surface area (Å²) >= 11 is 0. The molecule has 0 aliphatic heterocycles. The van der Waals surface area contributed by atoms with Crippen molar-refractivity contribution in [2.24, 2.45) is 11.0 Å². The molecule has 0 amide bonds. The van der Waals surface area contributed by atoms with Crippen LogP contribution in [0.25, 0.3) is 11.1 Å². The number of rotatable bonds is 8. The Hall–Kier alpha value is -2.87. The minimum Gasteiger partial charge on any atom is -0.303 e. The van der Waals surface area contributed by atoms with Crippen LogP contribution in [0, 0.1) is 5.92 Å². The van der Waals surface area contributed by atoms with Crippen LogP contribution in [-0.4, -0.2) is 24.8 Å². The molecule has 2 heteroatoms. The van der Waals surface area contributed by atoms with Crippen LogP contribution >= 0.6 is 0 Å². The third kappa shape index (κ3) is 6.63. The Morgan fingerprint density at radius 1 is 0.829 bits per heavy atom. The number of aryl methyl sites for hydroxylation is 1. The van der Waals surface area contributed by atoms with E-state index < -0.39 is 0 Å². The number of hydrazone groups is 1. The van der Waals surface area contributed by atoms with Crippen molar-refractivity contribution in [3.8, 4) is 11.1 Å². The molecule has 0 bridgehead atoms. The normalized spacial score (nSPS) is 18.5. The maximum absolute atomic E-state index is 4.76. The molecule has 35 heavy (non-hydrogen) atoms. The first-order valence-corrected chi connectivity index (χ1v) is 13.5. The van der Waals surface area contributed by atoms with Gasteiger partial charge in [-0.05, 0) is 83.9 Å².